The Kier molecular flexibility index (Phi) is 8.80. The van der Waals surface area contributed by atoms with Crippen LogP contribution in [0.3, 0.4) is 0 Å². The fourth-order valence-electron chi connectivity index (χ4n) is 3.34. The van der Waals surface area contributed by atoms with Gasteiger partial charge < -0.3 is 19.7 Å². The third kappa shape index (κ3) is 6.88. The van der Waals surface area contributed by atoms with E-state index < -0.39 is 11.9 Å². The van der Waals surface area contributed by atoms with Gasteiger partial charge in [0, 0.05) is 0 Å². The van der Waals surface area contributed by atoms with E-state index in [1.54, 1.807) is 32.8 Å². The lowest BCUT2D eigenvalue weighted by Crippen LogP contribution is -2.22. The summed E-state index contributed by atoms with van der Waals surface area (Å²) in [6, 6.07) is 5.85. The van der Waals surface area contributed by atoms with Crippen LogP contribution in [0.1, 0.15) is 64.4 Å². The first-order valence-electron chi connectivity index (χ1n) is 10.9. The first-order valence-corrected chi connectivity index (χ1v) is 11.7. The van der Waals surface area contributed by atoms with E-state index in [9.17, 15) is 14.4 Å². The molecule has 1 heterocycles. The van der Waals surface area contributed by atoms with Gasteiger partial charge in [-0.3, -0.25) is 9.59 Å². The molecule has 0 aliphatic carbocycles. The largest absolute Gasteiger partial charge is 0.483 e. The van der Waals surface area contributed by atoms with Gasteiger partial charge in [-0.2, -0.15) is 0 Å². The molecule has 0 saturated carbocycles. The van der Waals surface area contributed by atoms with Crippen molar-refractivity contribution in [2.75, 3.05) is 39.2 Å². The molecule has 2 rings (SSSR count). The highest BCUT2D eigenvalue weighted by Gasteiger charge is 2.27. The van der Waals surface area contributed by atoms with E-state index in [0.29, 0.717) is 21.2 Å². The van der Waals surface area contributed by atoms with Crippen LogP contribution in [0.2, 0.25) is 0 Å². The average molecular weight is 475 g/mol. The van der Waals surface area contributed by atoms with Gasteiger partial charge in [0.05, 0.1) is 23.6 Å². The molecule has 180 valence electrons. The number of likely N-dealkylation sites (N-methyl/N-ethyl adjacent to an activating group) is 1. The Hall–Kier alpha value is -2.71. The molecular formula is C25H34N2O5S. The summed E-state index contributed by atoms with van der Waals surface area (Å²) in [7, 11) is 3.59. The summed E-state index contributed by atoms with van der Waals surface area (Å²) in [5.74, 6) is -0.480. The molecule has 7 nitrogen and oxygen atoms in total. The number of anilines is 1. The van der Waals surface area contributed by atoms with Gasteiger partial charge >= 0.3 is 5.97 Å². The lowest BCUT2D eigenvalue weighted by Gasteiger charge is -2.23. The van der Waals surface area contributed by atoms with Crippen molar-refractivity contribution >= 4 is 34.0 Å². The zero-order chi connectivity index (χ0) is 24.9. The predicted molar refractivity (Wildman–Crippen MR) is 132 cm³/mol. The molecule has 0 saturated heterocycles. The summed E-state index contributed by atoms with van der Waals surface area (Å²) < 4.78 is 11.0. The number of hydrogen-bond acceptors (Lipinski definition) is 7. The fraction of sp³-hybridized carbons (Fsp3) is 0.480. The second-order valence-corrected chi connectivity index (χ2v) is 10.2. The van der Waals surface area contributed by atoms with E-state index in [2.05, 4.69) is 32.2 Å². The van der Waals surface area contributed by atoms with Crippen LogP contribution in [0.5, 0.6) is 5.75 Å². The normalized spacial score (nSPS) is 11.4. The van der Waals surface area contributed by atoms with Crippen molar-refractivity contribution in [1.82, 2.24) is 4.90 Å². The maximum atomic E-state index is 12.7. The number of rotatable bonds is 9. The molecule has 33 heavy (non-hydrogen) atoms. The number of ether oxygens (including phenoxy) is 2. The van der Waals surface area contributed by atoms with Crippen LogP contribution >= 0.6 is 11.3 Å². The van der Waals surface area contributed by atoms with Crippen molar-refractivity contribution in [3.8, 4) is 5.75 Å². The molecule has 8 heteroatoms. The van der Waals surface area contributed by atoms with Crippen LogP contribution < -0.4 is 10.1 Å². The van der Waals surface area contributed by atoms with Crippen LogP contribution in [-0.2, 0) is 14.9 Å². The maximum Gasteiger partial charge on any atom is 0.341 e. The summed E-state index contributed by atoms with van der Waals surface area (Å²) in [5.41, 5.74) is 2.69. The third-order valence-electron chi connectivity index (χ3n) is 4.89. The molecule has 2 aromatic rings. The molecule has 1 aromatic heterocycles. The maximum absolute atomic E-state index is 12.7. The van der Waals surface area contributed by atoms with Crippen molar-refractivity contribution in [2.24, 2.45) is 0 Å². The number of hydrogen-bond donors (Lipinski definition) is 1. The molecule has 0 aliphatic rings. The van der Waals surface area contributed by atoms with Crippen LogP contribution in [0, 0.1) is 13.8 Å². The molecule has 1 aromatic carbocycles. The van der Waals surface area contributed by atoms with E-state index in [0.717, 1.165) is 22.5 Å². The van der Waals surface area contributed by atoms with Crippen molar-refractivity contribution < 1.29 is 23.9 Å². The molecule has 1 amide bonds. The Morgan fingerprint density at radius 2 is 1.79 bits per heavy atom. The van der Waals surface area contributed by atoms with Gasteiger partial charge in [0.2, 0.25) is 0 Å². The van der Waals surface area contributed by atoms with E-state index in [-0.39, 0.29) is 36.5 Å². The number of Topliss-reactive ketones (excluding diaryl/α,β-unsaturated/α-hetero) is 1. The van der Waals surface area contributed by atoms with Gasteiger partial charge in [-0.05, 0) is 57.5 Å². The van der Waals surface area contributed by atoms with E-state index in [1.165, 1.54) is 0 Å². The SMILES string of the molecule is CCOC(=O)c1c(NC(=O)COc2ccc(C)cc2C(C)(C)C)sc(C(=O)CN(C)C)c1C. The summed E-state index contributed by atoms with van der Waals surface area (Å²) in [6.07, 6.45) is 0. The molecular weight excluding hydrogens is 440 g/mol. The van der Waals surface area contributed by atoms with Crippen molar-refractivity contribution in [2.45, 2.75) is 47.0 Å². The first-order chi connectivity index (χ1) is 15.3. The van der Waals surface area contributed by atoms with Crippen LogP contribution in [0.4, 0.5) is 5.00 Å². The van der Waals surface area contributed by atoms with Gasteiger partial charge in [0.15, 0.2) is 12.4 Å². The van der Waals surface area contributed by atoms with Crippen LogP contribution in [0.25, 0.3) is 0 Å². The smallest absolute Gasteiger partial charge is 0.341 e. The first kappa shape index (κ1) is 26.5. The van der Waals surface area contributed by atoms with E-state index >= 15 is 0 Å². The number of aryl methyl sites for hydroxylation is 1. The predicted octanol–water partition coefficient (Wildman–Crippen LogP) is 4.60. The lowest BCUT2D eigenvalue weighted by atomic mass is 9.85. The minimum absolute atomic E-state index is 0.126. The molecule has 0 radical (unpaired) electrons. The number of nitrogens with zero attached hydrogens (tertiary/aromatic N) is 1. The van der Waals surface area contributed by atoms with E-state index in [4.69, 9.17) is 9.47 Å². The van der Waals surface area contributed by atoms with Gasteiger partial charge in [0.25, 0.3) is 5.91 Å². The highest BCUT2D eigenvalue weighted by atomic mass is 32.1. The summed E-state index contributed by atoms with van der Waals surface area (Å²) in [5, 5.41) is 3.04. The van der Waals surface area contributed by atoms with Crippen molar-refractivity contribution in [1.29, 1.82) is 0 Å². The molecule has 0 spiro atoms. The number of thiophene rings is 1. The standard InChI is InChI=1S/C25H34N2O5S/c1-9-31-24(30)21-16(3)22(18(28)13-27(7)8)33-23(21)26-20(29)14-32-19-11-10-15(2)12-17(19)25(4,5)6/h10-12H,9,13-14H2,1-8H3,(H,26,29). The van der Waals surface area contributed by atoms with E-state index in [1.807, 2.05) is 19.1 Å². The third-order valence-corrected chi connectivity index (χ3v) is 6.14. The molecule has 0 bridgehead atoms. The Bertz CT molecular complexity index is 1030. The van der Waals surface area contributed by atoms with Crippen molar-refractivity contribution in [3.05, 3.63) is 45.3 Å². The monoisotopic (exact) mass is 474 g/mol. The number of carbonyl (C=O) groups is 3. The highest BCUT2D eigenvalue weighted by Crippen LogP contribution is 2.35. The number of benzene rings is 1. The number of amides is 1. The zero-order valence-electron chi connectivity index (χ0n) is 20.8. The Morgan fingerprint density at radius 1 is 1.12 bits per heavy atom. The minimum atomic E-state index is -0.570. The molecule has 1 N–H and O–H groups in total. The quantitative estimate of drug-likeness (QED) is 0.422. The highest BCUT2D eigenvalue weighted by molar-refractivity contribution is 7.18. The minimum Gasteiger partial charge on any atom is -0.483 e. The average Bonchev–Trinajstić information content (AvgIpc) is 3.02. The van der Waals surface area contributed by atoms with Gasteiger partial charge in [-0.15, -0.1) is 11.3 Å². The van der Waals surface area contributed by atoms with Gasteiger partial charge in [-0.1, -0.05) is 38.5 Å². The number of ketones is 1. The number of nitrogens with one attached hydrogen (secondary N) is 1. The summed E-state index contributed by atoms with van der Waals surface area (Å²) in [4.78, 5) is 40.2. The number of esters is 1. The Balaban J connectivity index is 2.27. The molecule has 0 unspecified atom stereocenters. The molecule has 0 atom stereocenters. The topological polar surface area (TPSA) is 84.9 Å². The second-order valence-electron chi connectivity index (χ2n) is 9.23. The number of carbonyl (C=O) groups excluding carboxylic acids is 3. The van der Waals surface area contributed by atoms with Gasteiger partial charge in [0.1, 0.15) is 10.8 Å². The zero-order valence-corrected chi connectivity index (χ0v) is 21.6. The van der Waals surface area contributed by atoms with Crippen LogP contribution in [0.15, 0.2) is 18.2 Å². The molecule has 0 aliphatic heterocycles. The van der Waals surface area contributed by atoms with Gasteiger partial charge in [-0.25, -0.2) is 4.79 Å². The lowest BCUT2D eigenvalue weighted by molar-refractivity contribution is -0.118. The molecule has 0 fully saturated rings. The fourth-order valence-corrected chi connectivity index (χ4v) is 4.48. The van der Waals surface area contributed by atoms with Crippen LogP contribution in [-0.4, -0.2) is 56.4 Å². The summed E-state index contributed by atoms with van der Waals surface area (Å²) >= 11 is 1.09. The Labute approximate surface area is 200 Å². The van der Waals surface area contributed by atoms with Crippen molar-refractivity contribution in [3.63, 3.8) is 0 Å². The summed E-state index contributed by atoms with van der Waals surface area (Å²) in [6.45, 7) is 11.8. The Morgan fingerprint density at radius 3 is 2.36 bits per heavy atom. The second kappa shape index (κ2) is 10.9.